The molecule has 1 unspecified atom stereocenters. The second-order valence-corrected chi connectivity index (χ2v) is 5.41. The molecule has 0 aromatic heterocycles. The summed E-state index contributed by atoms with van der Waals surface area (Å²) in [6.07, 6.45) is 3.63. The van der Waals surface area contributed by atoms with Gasteiger partial charge >= 0.3 is 0 Å². The number of amides is 1. The van der Waals surface area contributed by atoms with Gasteiger partial charge in [-0.05, 0) is 48.9 Å². The van der Waals surface area contributed by atoms with Crippen LogP contribution in [0, 0.1) is 11.8 Å². The fourth-order valence-electron chi connectivity index (χ4n) is 2.61. The Labute approximate surface area is 107 Å². The fraction of sp³-hybridized carbons (Fsp3) is 0.467. The topological polar surface area (TPSA) is 46.2 Å². The SMILES string of the molecule is CC(C(=O)c1ccc2c(c1)CCC(=O)N2)C1CC1. The van der Waals surface area contributed by atoms with Gasteiger partial charge in [0, 0.05) is 23.6 Å². The zero-order valence-corrected chi connectivity index (χ0v) is 10.5. The number of nitrogens with one attached hydrogen (secondary N) is 1. The molecule has 3 rings (SSSR count). The lowest BCUT2D eigenvalue weighted by molar-refractivity contribution is -0.116. The molecule has 0 spiro atoms. The largest absolute Gasteiger partial charge is 0.326 e. The number of anilines is 1. The summed E-state index contributed by atoms with van der Waals surface area (Å²) in [6.45, 7) is 2.03. The van der Waals surface area contributed by atoms with Gasteiger partial charge < -0.3 is 5.32 Å². The van der Waals surface area contributed by atoms with E-state index in [9.17, 15) is 9.59 Å². The van der Waals surface area contributed by atoms with Gasteiger partial charge in [-0.3, -0.25) is 9.59 Å². The first-order valence-electron chi connectivity index (χ1n) is 6.62. The van der Waals surface area contributed by atoms with Gasteiger partial charge in [-0.1, -0.05) is 6.92 Å². The Morgan fingerprint density at radius 2 is 2.11 bits per heavy atom. The molecule has 1 aliphatic carbocycles. The van der Waals surface area contributed by atoms with Gasteiger partial charge in [-0.15, -0.1) is 0 Å². The van der Waals surface area contributed by atoms with Gasteiger partial charge in [0.15, 0.2) is 5.78 Å². The van der Waals surface area contributed by atoms with Crippen LogP contribution in [-0.4, -0.2) is 11.7 Å². The molecule has 1 aliphatic heterocycles. The van der Waals surface area contributed by atoms with Crippen molar-refractivity contribution in [3.8, 4) is 0 Å². The van der Waals surface area contributed by atoms with Crippen LogP contribution in [0.25, 0.3) is 0 Å². The number of Topliss-reactive ketones (excluding diaryl/α,β-unsaturated/α-hetero) is 1. The van der Waals surface area contributed by atoms with E-state index in [1.807, 2.05) is 25.1 Å². The van der Waals surface area contributed by atoms with Crippen LogP contribution >= 0.6 is 0 Å². The van der Waals surface area contributed by atoms with E-state index in [-0.39, 0.29) is 17.6 Å². The van der Waals surface area contributed by atoms with Crippen LogP contribution in [0.4, 0.5) is 5.69 Å². The number of carbonyl (C=O) groups is 2. The first-order valence-corrected chi connectivity index (χ1v) is 6.62. The minimum Gasteiger partial charge on any atom is -0.326 e. The Morgan fingerprint density at radius 1 is 1.33 bits per heavy atom. The summed E-state index contributed by atoms with van der Waals surface area (Å²) in [5.41, 5.74) is 2.75. The van der Waals surface area contributed by atoms with E-state index in [0.29, 0.717) is 12.3 Å². The standard InChI is InChI=1S/C15H17NO2/c1-9(10-2-3-10)15(18)12-4-6-13-11(8-12)5-7-14(17)16-13/h4,6,8-10H,2-3,5,7H2,1H3,(H,16,17). The van der Waals surface area contributed by atoms with Crippen LogP contribution in [0.1, 0.15) is 42.1 Å². The third kappa shape index (κ3) is 2.05. The summed E-state index contributed by atoms with van der Waals surface area (Å²) in [6, 6.07) is 5.65. The number of fused-ring (bicyclic) bond motifs is 1. The predicted octanol–water partition coefficient (Wildman–Crippen LogP) is 2.80. The van der Waals surface area contributed by atoms with Gasteiger partial charge in [-0.2, -0.15) is 0 Å². The van der Waals surface area contributed by atoms with E-state index in [1.54, 1.807) is 0 Å². The molecular weight excluding hydrogens is 226 g/mol. The number of ketones is 1. The third-order valence-electron chi connectivity index (χ3n) is 4.03. The molecule has 1 fully saturated rings. The van der Waals surface area contributed by atoms with E-state index in [1.165, 1.54) is 12.8 Å². The van der Waals surface area contributed by atoms with Crippen LogP contribution in [0.5, 0.6) is 0 Å². The number of hydrogen-bond donors (Lipinski definition) is 1. The summed E-state index contributed by atoms with van der Waals surface area (Å²) < 4.78 is 0. The zero-order valence-electron chi connectivity index (χ0n) is 10.5. The normalized spacial score (nSPS) is 19.9. The number of hydrogen-bond acceptors (Lipinski definition) is 2. The summed E-state index contributed by atoms with van der Waals surface area (Å²) in [5, 5.41) is 2.84. The highest BCUT2D eigenvalue weighted by Gasteiger charge is 2.33. The molecule has 1 aromatic rings. The Bertz CT molecular complexity index is 517. The van der Waals surface area contributed by atoms with Gasteiger partial charge in [0.25, 0.3) is 0 Å². The molecule has 18 heavy (non-hydrogen) atoms. The van der Waals surface area contributed by atoms with Crippen molar-refractivity contribution in [1.29, 1.82) is 0 Å². The third-order valence-corrected chi connectivity index (χ3v) is 4.03. The lowest BCUT2D eigenvalue weighted by atomic mass is 9.92. The quantitative estimate of drug-likeness (QED) is 0.830. The van der Waals surface area contributed by atoms with E-state index in [2.05, 4.69) is 5.32 Å². The Morgan fingerprint density at radius 3 is 2.83 bits per heavy atom. The molecule has 0 saturated heterocycles. The van der Waals surface area contributed by atoms with Gasteiger partial charge in [0.1, 0.15) is 0 Å². The first kappa shape index (κ1) is 11.5. The second-order valence-electron chi connectivity index (χ2n) is 5.41. The van der Waals surface area contributed by atoms with E-state index in [4.69, 9.17) is 0 Å². The molecule has 1 saturated carbocycles. The maximum atomic E-state index is 12.3. The highest BCUT2D eigenvalue weighted by molar-refractivity contribution is 6.00. The molecule has 2 aliphatic rings. The van der Waals surface area contributed by atoms with Crippen molar-refractivity contribution < 1.29 is 9.59 Å². The summed E-state index contributed by atoms with van der Waals surface area (Å²) in [5.74, 6) is 1.04. The number of rotatable bonds is 3. The minimum atomic E-state index is 0.0629. The molecule has 3 nitrogen and oxygen atoms in total. The lowest BCUT2D eigenvalue weighted by Gasteiger charge is -2.18. The average molecular weight is 243 g/mol. The van der Waals surface area contributed by atoms with Gasteiger partial charge in [-0.25, -0.2) is 0 Å². The van der Waals surface area contributed by atoms with Crippen molar-refractivity contribution in [2.24, 2.45) is 11.8 Å². The van der Waals surface area contributed by atoms with E-state index in [0.717, 1.165) is 23.2 Å². The smallest absolute Gasteiger partial charge is 0.224 e. The molecule has 1 atom stereocenters. The van der Waals surface area contributed by atoms with Crippen molar-refractivity contribution in [3.63, 3.8) is 0 Å². The Hall–Kier alpha value is -1.64. The van der Waals surface area contributed by atoms with Crippen molar-refractivity contribution >= 4 is 17.4 Å². The molecular formula is C15H17NO2. The molecule has 1 N–H and O–H groups in total. The highest BCUT2D eigenvalue weighted by Crippen LogP contribution is 2.38. The minimum absolute atomic E-state index is 0.0629. The van der Waals surface area contributed by atoms with Crippen molar-refractivity contribution in [2.75, 3.05) is 5.32 Å². The van der Waals surface area contributed by atoms with Gasteiger partial charge in [0.2, 0.25) is 5.91 Å². The van der Waals surface area contributed by atoms with Crippen LogP contribution in [-0.2, 0) is 11.2 Å². The molecule has 1 amide bonds. The van der Waals surface area contributed by atoms with Crippen molar-refractivity contribution in [1.82, 2.24) is 0 Å². The van der Waals surface area contributed by atoms with Crippen molar-refractivity contribution in [3.05, 3.63) is 29.3 Å². The van der Waals surface area contributed by atoms with Crippen LogP contribution in [0.2, 0.25) is 0 Å². The predicted molar refractivity (Wildman–Crippen MR) is 69.6 cm³/mol. The summed E-state index contributed by atoms with van der Waals surface area (Å²) in [7, 11) is 0. The molecule has 0 bridgehead atoms. The second kappa shape index (κ2) is 4.23. The van der Waals surface area contributed by atoms with E-state index >= 15 is 0 Å². The lowest BCUT2D eigenvalue weighted by Crippen LogP contribution is -2.20. The Kier molecular flexibility index (Phi) is 2.69. The molecule has 1 heterocycles. The first-order chi connectivity index (χ1) is 8.65. The maximum Gasteiger partial charge on any atom is 0.224 e. The number of aryl methyl sites for hydroxylation is 1. The monoisotopic (exact) mass is 243 g/mol. The van der Waals surface area contributed by atoms with Crippen LogP contribution in [0.3, 0.4) is 0 Å². The summed E-state index contributed by atoms with van der Waals surface area (Å²) in [4.78, 5) is 23.6. The van der Waals surface area contributed by atoms with Crippen molar-refractivity contribution in [2.45, 2.75) is 32.6 Å². The van der Waals surface area contributed by atoms with Crippen LogP contribution in [0.15, 0.2) is 18.2 Å². The summed E-state index contributed by atoms with van der Waals surface area (Å²) >= 11 is 0. The molecule has 3 heteroatoms. The van der Waals surface area contributed by atoms with Gasteiger partial charge in [0.05, 0.1) is 0 Å². The fourth-order valence-corrected chi connectivity index (χ4v) is 2.61. The number of benzene rings is 1. The van der Waals surface area contributed by atoms with Crippen LogP contribution < -0.4 is 5.32 Å². The van der Waals surface area contributed by atoms with E-state index < -0.39 is 0 Å². The average Bonchev–Trinajstić information content (AvgIpc) is 3.20. The molecule has 0 radical (unpaired) electrons. The molecule has 94 valence electrons. The number of carbonyl (C=O) groups excluding carboxylic acids is 2. The highest BCUT2D eigenvalue weighted by atomic mass is 16.1. The maximum absolute atomic E-state index is 12.3. The molecule has 1 aromatic carbocycles. The Balaban J connectivity index is 1.85. The zero-order chi connectivity index (χ0) is 12.7.